The zero-order chi connectivity index (χ0) is 16.9. The third-order valence-electron chi connectivity index (χ3n) is 3.78. The first-order valence-corrected chi connectivity index (χ1v) is 7.71. The third-order valence-corrected chi connectivity index (χ3v) is 3.78. The van der Waals surface area contributed by atoms with E-state index in [0.29, 0.717) is 11.3 Å². The molecular formula is C18H18N4O2. The van der Waals surface area contributed by atoms with Gasteiger partial charge in [0.05, 0.1) is 17.4 Å². The van der Waals surface area contributed by atoms with Gasteiger partial charge in [-0.1, -0.05) is 30.3 Å². The minimum Gasteiger partial charge on any atom is -0.352 e. The van der Waals surface area contributed by atoms with Crippen LogP contribution in [0, 0.1) is 6.92 Å². The molecule has 1 heterocycles. The maximum atomic E-state index is 12.1. The molecule has 0 fully saturated rings. The van der Waals surface area contributed by atoms with Crippen LogP contribution in [0.5, 0.6) is 0 Å². The van der Waals surface area contributed by atoms with E-state index in [0.717, 1.165) is 16.5 Å². The zero-order valence-electron chi connectivity index (χ0n) is 13.3. The van der Waals surface area contributed by atoms with Gasteiger partial charge in [0.2, 0.25) is 5.91 Å². The highest BCUT2D eigenvalue weighted by atomic mass is 16.2. The van der Waals surface area contributed by atoms with E-state index in [9.17, 15) is 9.59 Å². The van der Waals surface area contributed by atoms with Gasteiger partial charge in [-0.25, -0.2) is 0 Å². The fraction of sp³-hybridized carbons (Fsp3) is 0.167. The quantitative estimate of drug-likeness (QED) is 0.675. The van der Waals surface area contributed by atoms with Crippen molar-refractivity contribution in [3.63, 3.8) is 0 Å². The Kier molecular flexibility index (Phi) is 4.56. The molecule has 6 nitrogen and oxygen atoms in total. The Morgan fingerprint density at radius 2 is 1.96 bits per heavy atom. The average Bonchev–Trinajstić information content (AvgIpc) is 3.05. The summed E-state index contributed by atoms with van der Waals surface area (Å²) >= 11 is 0. The van der Waals surface area contributed by atoms with E-state index in [1.165, 1.54) is 0 Å². The highest BCUT2D eigenvalue weighted by Gasteiger charge is 2.10. The minimum absolute atomic E-state index is 0.165. The van der Waals surface area contributed by atoms with Crippen molar-refractivity contribution < 1.29 is 9.59 Å². The van der Waals surface area contributed by atoms with Crippen LogP contribution in [0.25, 0.3) is 10.9 Å². The van der Waals surface area contributed by atoms with Crippen LogP contribution < -0.4 is 10.6 Å². The number of nitrogens with zero attached hydrogens (tertiary/aromatic N) is 1. The maximum Gasteiger partial charge on any atom is 0.251 e. The van der Waals surface area contributed by atoms with Crippen LogP contribution in [0.3, 0.4) is 0 Å². The van der Waals surface area contributed by atoms with Crippen molar-refractivity contribution >= 4 is 28.4 Å². The van der Waals surface area contributed by atoms with Crippen LogP contribution in [-0.4, -0.2) is 28.6 Å². The summed E-state index contributed by atoms with van der Waals surface area (Å²) in [6, 6.07) is 12.9. The van der Waals surface area contributed by atoms with Crippen molar-refractivity contribution in [3.05, 3.63) is 59.8 Å². The van der Waals surface area contributed by atoms with E-state index < -0.39 is 0 Å². The van der Waals surface area contributed by atoms with E-state index in [1.54, 1.807) is 12.3 Å². The van der Waals surface area contributed by atoms with Gasteiger partial charge in [0.15, 0.2) is 0 Å². The molecule has 0 spiro atoms. The summed E-state index contributed by atoms with van der Waals surface area (Å²) in [5.41, 5.74) is 3.00. The summed E-state index contributed by atoms with van der Waals surface area (Å²) in [7, 11) is 0. The van der Waals surface area contributed by atoms with E-state index in [1.807, 2.05) is 43.3 Å². The highest BCUT2D eigenvalue weighted by molar-refractivity contribution is 6.00. The number of anilines is 1. The molecule has 1 aromatic heterocycles. The summed E-state index contributed by atoms with van der Waals surface area (Å²) in [6.07, 6.45) is 1.90. The normalized spacial score (nSPS) is 10.5. The molecule has 0 aliphatic carbocycles. The number of hydrogen-bond donors (Lipinski definition) is 3. The van der Waals surface area contributed by atoms with Gasteiger partial charge in [-0.2, -0.15) is 5.10 Å². The smallest absolute Gasteiger partial charge is 0.251 e. The molecule has 0 bridgehead atoms. The Labute approximate surface area is 139 Å². The number of aromatic nitrogens is 2. The third kappa shape index (κ3) is 3.43. The fourth-order valence-electron chi connectivity index (χ4n) is 2.50. The van der Waals surface area contributed by atoms with Crippen LogP contribution in [0.2, 0.25) is 0 Å². The predicted octanol–water partition coefficient (Wildman–Crippen LogP) is 2.63. The molecule has 0 radical (unpaired) electrons. The van der Waals surface area contributed by atoms with Gasteiger partial charge in [-0.05, 0) is 24.6 Å². The summed E-state index contributed by atoms with van der Waals surface area (Å²) in [5.74, 6) is -0.334. The molecule has 2 aromatic carbocycles. The van der Waals surface area contributed by atoms with Crippen LogP contribution in [0.1, 0.15) is 22.3 Å². The average molecular weight is 322 g/mol. The Bertz CT molecular complexity index is 885. The van der Waals surface area contributed by atoms with Gasteiger partial charge in [-0.3, -0.25) is 14.7 Å². The molecule has 0 saturated heterocycles. The van der Waals surface area contributed by atoms with E-state index in [4.69, 9.17) is 0 Å². The summed E-state index contributed by atoms with van der Waals surface area (Å²) < 4.78 is 0. The molecule has 3 rings (SSSR count). The standard InChI is InChI=1S/C18H18N4O2/c1-12-5-2-3-7-14(12)18(24)19-10-9-16(23)21-15-8-4-6-13-11-20-22-17(13)15/h2-8,11H,9-10H2,1H3,(H,19,24)(H,20,22)(H,21,23). The highest BCUT2D eigenvalue weighted by Crippen LogP contribution is 2.20. The largest absolute Gasteiger partial charge is 0.352 e. The van der Waals surface area contributed by atoms with E-state index in [2.05, 4.69) is 20.8 Å². The molecule has 3 N–H and O–H groups in total. The van der Waals surface area contributed by atoms with Gasteiger partial charge >= 0.3 is 0 Å². The number of carbonyl (C=O) groups is 2. The second kappa shape index (κ2) is 6.95. The van der Waals surface area contributed by atoms with Gasteiger partial charge in [0, 0.05) is 23.9 Å². The second-order valence-corrected chi connectivity index (χ2v) is 5.51. The number of aromatic amines is 1. The van der Waals surface area contributed by atoms with Crippen LogP contribution in [0.15, 0.2) is 48.7 Å². The molecule has 2 amide bonds. The van der Waals surface area contributed by atoms with Crippen LogP contribution in [-0.2, 0) is 4.79 Å². The first kappa shape index (κ1) is 15.7. The molecule has 0 atom stereocenters. The lowest BCUT2D eigenvalue weighted by atomic mass is 10.1. The summed E-state index contributed by atoms with van der Waals surface area (Å²) in [4.78, 5) is 24.2. The lowest BCUT2D eigenvalue weighted by molar-refractivity contribution is -0.116. The van der Waals surface area contributed by atoms with Crippen molar-refractivity contribution in [1.29, 1.82) is 0 Å². The van der Waals surface area contributed by atoms with Gasteiger partial charge in [0.25, 0.3) is 5.91 Å². The number of fused-ring (bicyclic) bond motifs is 1. The fourth-order valence-corrected chi connectivity index (χ4v) is 2.50. The predicted molar refractivity (Wildman–Crippen MR) is 92.9 cm³/mol. The Hall–Kier alpha value is -3.15. The number of aryl methyl sites for hydroxylation is 1. The summed E-state index contributed by atoms with van der Waals surface area (Å²) in [6.45, 7) is 2.16. The van der Waals surface area contributed by atoms with Crippen LogP contribution >= 0.6 is 0 Å². The topological polar surface area (TPSA) is 86.9 Å². The van der Waals surface area contributed by atoms with Crippen molar-refractivity contribution in [2.45, 2.75) is 13.3 Å². The van der Waals surface area contributed by atoms with Crippen molar-refractivity contribution in [1.82, 2.24) is 15.5 Å². The number of rotatable bonds is 5. The number of benzene rings is 2. The van der Waals surface area contributed by atoms with Crippen molar-refractivity contribution in [2.24, 2.45) is 0 Å². The SMILES string of the molecule is Cc1ccccc1C(=O)NCCC(=O)Nc1cccc2cn[nH]c12. The number of carbonyl (C=O) groups excluding carboxylic acids is 2. The van der Waals surface area contributed by atoms with E-state index in [-0.39, 0.29) is 24.8 Å². The molecule has 122 valence electrons. The Morgan fingerprint density at radius 1 is 1.12 bits per heavy atom. The van der Waals surface area contributed by atoms with Crippen molar-refractivity contribution in [3.8, 4) is 0 Å². The first-order chi connectivity index (χ1) is 11.6. The molecule has 0 aliphatic rings. The number of H-pyrrole nitrogens is 1. The lowest BCUT2D eigenvalue weighted by Gasteiger charge is -2.08. The minimum atomic E-state index is -0.170. The van der Waals surface area contributed by atoms with Crippen molar-refractivity contribution in [2.75, 3.05) is 11.9 Å². The molecule has 24 heavy (non-hydrogen) atoms. The molecule has 6 heteroatoms. The van der Waals surface area contributed by atoms with Gasteiger partial charge in [-0.15, -0.1) is 0 Å². The van der Waals surface area contributed by atoms with Crippen LogP contribution in [0.4, 0.5) is 5.69 Å². The Balaban J connectivity index is 1.54. The maximum absolute atomic E-state index is 12.1. The van der Waals surface area contributed by atoms with Gasteiger partial charge < -0.3 is 10.6 Å². The monoisotopic (exact) mass is 322 g/mol. The zero-order valence-corrected chi connectivity index (χ0v) is 13.3. The lowest BCUT2D eigenvalue weighted by Crippen LogP contribution is -2.28. The number of nitrogens with one attached hydrogen (secondary N) is 3. The molecule has 0 saturated carbocycles. The molecule has 0 unspecified atom stereocenters. The molecular weight excluding hydrogens is 304 g/mol. The van der Waals surface area contributed by atoms with Gasteiger partial charge in [0.1, 0.15) is 0 Å². The van der Waals surface area contributed by atoms with E-state index >= 15 is 0 Å². The Morgan fingerprint density at radius 3 is 2.79 bits per heavy atom. The summed E-state index contributed by atoms with van der Waals surface area (Å²) in [5, 5.41) is 13.4. The molecule has 0 aliphatic heterocycles. The molecule has 3 aromatic rings. The second-order valence-electron chi connectivity index (χ2n) is 5.51. The number of amides is 2. The number of hydrogen-bond acceptors (Lipinski definition) is 3. The number of para-hydroxylation sites is 1. The first-order valence-electron chi connectivity index (χ1n) is 7.71.